The van der Waals surface area contributed by atoms with Gasteiger partial charge in [-0.25, -0.2) is 4.39 Å². The fourth-order valence-corrected chi connectivity index (χ4v) is 2.38. The van der Waals surface area contributed by atoms with Gasteiger partial charge in [0.2, 0.25) is 5.91 Å². The average Bonchev–Trinajstić information content (AvgIpc) is 3.38. The van der Waals surface area contributed by atoms with Crippen LogP contribution in [-0.4, -0.2) is 27.6 Å². The molecule has 3 rings (SSSR count). The largest absolute Gasteiger partial charge is 0.356 e. The number of nitrogens with zero attached hydrogens (tertiary/aromatic N) is 2. The Balaban J connectivity index is 1.64. The van der Waals surface area contributed by atoms with Crippen molar-refractivity contribution in [3.63, 3.8) is 0 Å². The van der Waals surface area contributed by atoms with E-state index in [1.165, 1.54) is 31.0 Å². The molecular weight excluding hydrogens is 335 g/mol. The van der Waals surface area contributed by atoms with Crippen molar-refractivity contribution in [3.05, 3.63) is 45.1 Å². The summed E-state index contributed by atoms with van der Waals surface area (Å²) in [6, 6.07) is 4.00. The Labute approximate surface area is 142 Å². The monoisotopic (exact) mass is 350 g/mol. The van der Waals surface area contributed by atoms with Crippen LogP contribution in [0.25, 0.3) is 11.4 Å². The second-order valence-electron chi connectivity index (χ2n) is 5.83. The lowest BCUT2D eigenvalue weighted by Crippen LogP contribution is -2.27. The summed E-state index contributed by atoms with van der Waals surface area (Å²) in [5, 5.41) is 10.6. The zero-order valence-corrected chi connectivity index (χ0v) is 13.6. The first-order valence-corrected chi connectivity index (χ1v) is 8.08. The maximum absolute atomic E-state index is 13.2. The third-order valence-electron chi connectivity index (χ3n) is 3.83. The highest BCUT2D eigenvalue weighted by molar-refractivity contribution is 6.31. The van der Waals surface area contributed by atoms with Crippen molar-refractivity contribution in [2.75, 3.05) is 6.54 Å². The van der Waals surface area contributed by atoms with E-state index in [9.17, 15) is 14.0 Å². The Kier molecular flexibility index (Phi) is 4.89. The molecule has 2 aromatic rings. The molecule has 0 spiro atoms. The molecule has 2 N–H and O–H groups in total. The lowest BCUT2D eigenvalue weighted by Gasteiger charge is -2.04. The quantitative estimate of drug-likeness (QED) is 0.835. The lowest BCUT2D eigenvalue weighted by molar-refractivity contribution is -0.121. The number of H-pyrrole nitrogens is 1. The van der Waals surface area contributed by atoms with E-state index in [0.717, 1.165) is 0 Å². The molecule has 0 bridgehead atoms. The molecule has 1 saturated carbocycles. The van der Waals surface area contributed by atoms with Crippen LogP contribution in [0.3, 0.4) is 0 Å². The minimum atomic E-state index is -0.551. The van der Waals surface area contributed by atoms with Crippen LogP contribution in [-0.2, 0) is 11.2 Å². The van der Waals surface area contributed by atoms with Gasteiger partial charge in [-0.05, 0) is 37.0 Å². The van der Waals surface area contributed by atoms with E-state index in [1.807, 2.05) is 0 Å². The van der Waals surface area contributed by atoms with Gasteiger partial charge < -0.3 is 10.3 Å². The minimum absolute atomic E-state index is 0.0634. The number of hydrogen-bond acceptors (Lipinski definition) is 4. The smallest absolute Gasteiger partial charge is 0.273 e. The molecule has 6 nitrogen and oxygen atoms in total. The Bertz CT molecular complexity index is 820. The molecule has 1 heterocycles. The first kappa shape index (κ1) is 16.6. The van der Waals surface area contributed by atoms with Crippen molar-refractivity contribution >= 4 is 17.5 Å². The highest BCUT2D eigenvalue weighted by atomic mass is 35.5. The number of halogens is 2. The molecule has 8 heteroatoms. The lowest BCUT2D eigenvalue weighted by atomic mass is 10.2. The SMILES string of the molecule is O=C(CCc1nnc(-c2ccc(F)c(Cl)c2)[nH]c1=O)NCC1CC1. The van der Waals surface area contributed by atoms with E-state index in [1.54, 1.807) is 0 Å². The van der Waals surface area contributed by atoms with Gasteiger partial charge in [-0.2, -0.15) is 0 Å². The number of rotatable bonds is 6. The van der Waals surface area contributed by atoms with Crippen molar-refractivity contribution < 1.29 is 9.18 Å². The molecule has 1 aromatic carbocycles. The molecule has 24 heavy (non-hydrogen) atoms. The normalized spacial score (nSPS) is 13.8. The first-order chi connectivity index (χ1) is 11.5. The summed E-state index contributed by atoms with van der Waals surface area (Å²) in [4.78, 5) is 26.3. The molecule has 1 amide bonds. The first-order valence-electron chi connectivity index (χ1n) is 7.71. The number of carbonyl (C=O) groups is 1. The summed E-state index contributed by atoms with van der Waals surface area (Å²) < 4.78 is 13.2. The van der Waals surface area contributed by atoms with E-state index < -0.39 is 11.4 Å². The summed E-state index contributed by atoms with van der Waals surface area (Å²) in [5.74, 6) is 0.157. The summed E-state index contributed by atoms with van der Waals surface area (Å²) in [7, 11) is 0. The van der Waals surface area contributed by atoms with Crippen molar-refractivity contribution in [2.24, 2.45) is 5.92 Å². The number of amides is 1. The van der Waals surface area contributed by atoms with Gasteiger partial charge in [0.05, 0.1) is 5.02 Å². The van der Waals surface area contributed by atoms with Crippen molar-refractivity contribution in [1.82, 2.24) is 20.5 Å². The third kappa shape index (κ3) is 4.17. The number of aromatic amines is 1. The van der Waals surface area contributed by atoms with E-state index in [-0.39, 0.29) is 35.3 Å². The average molecular weight is 351 g/mol. The highest BCUT2D eigenvalue weighted by Crippen LogP contribution is 2.27. The van der Waals surface area contributed by atoms with Crippen molar-refractivity contribution in [2.45, 2.75) is 25.7 Å². The molecule has 1 aliphatic carbocycles. The molecular formula is C16H16ClFN4O2. The predicted octanol–water partition coefficient (Wildman–Crippen LogP) is 2.08. The number of aryl methyl sites for hydroxylation is 1. The van der Waals surface area contributed by atoms with Crippen LogP contribution in [0.15, 0.2) is 23.0 Å². The van der Waals surface area contributed by atoms with E-state index in [2.05, 4.69) is 20.5 Å². The van der Waals surface area contributed by atoms with Gasteiger partial charge in [-0.15, -0.1) is 10.2 Å². The summed E-state index contributed by atoms with van der Waals surface area (Å²) in [5.41, 5.74) is 0.226. The van der Waals surface area contributed by atoms with E-state index in [4.69, 9.17) is 11.6 Å². The third-order valence-corrected chi connectivity index (χ3v) is 4.12. The van der Waals surface area contributed by atoms with E-state index >= 15 is 0 Å². The standard InChI is InChI=1S/C16H16ClFN4O2/c17-11-7-10(3-4-12(11)18)15-20-16(24)13(21-22-15)5-6-14(23)19-8-9-1-2-9/h3-4,7,9H,1-2,5-6,8H2,(H,19,23)(H,20,22,24). The maximum atomic E-state index is 13.2. The molecule has 0 atom stereocenters. The molecule has 1 aromatic heterocycles. The van der Waals surface area contributed by atoms with Crippen molar-refractivity contribution in [1.29, 1.82) is 0 Å². The number of hydrogen-bond donors (Lipinski definition) is 2. The van der Waals surface area contributed by atoms with Gasteiger partial charge in [0.1, 0.15) is 11.5 Å². The second kappa shape index (κ2) is 7.09. The summed E-state index contributed by atoms with van der Waals surface area (Å²) >= 11 is 5.72. The fraction of sp³-hybridized carbons (Fsp3) is 0.375. The summed E-state index contributed by atoms with van der Waals surface area (Å²) in [6.07, 6.45) is 2.73. The number of benzene rings is 1. The van der Waals surface area contributed by atoms with Gasteiger partial charge in [-0.1, -0.05) is 11.6 Å². The van der Waals surface area contributed by atoms with Crippen LogP contribution >= 0.6 is 11.6 Å². The van der Waals surface area contributed by atoms with Gasteiger partial charge in [0, 0.05) is 24.9 Å². The molecule has 0 unspecified atom stereocenters. The molecule has 0 radical (unpaired) electrons. The Morgan fingerprint density at radius 1 is 1.38 bits per heavy atom. The van der Waals surface area contributed by atoms with E-state index in [0.29, 0.717) is 18.0 Å². The maximum Gasteiger partial charge on any atom is 0.273 e. The zero-order chi connectivity index (χ0) is 17.1. The van der Waals surface area contributed by atoms with Crippen LogP contribution in [0, 0.1) is 11.7 Å². The Morgan fingerprint density at radius 2 is 2.17 bits per heavy atom. The van der Waals surface area contributed by atoms with Crippen LogP contribution in [0.2, 0.25) is 5.02 Å². The number of nitrogens with one attached hydrogen (secondary N) is 2. The van der Waals surface area contributed by atoms with Crippen molar-refractivity contribution in [3.8, 4) is 11.4 Å². The van der Waals surface area contributed by atoms with Gasteiger partial charge in [-0.3, -0.25) is 9.59 Å². The van der Waals surface area contributed by atoms with Gasteiger partial charge in [0.15, 0.2) is 5.82 Å². The molecule has 1 fully saturated rings. The van der Waals surface area contributed by atoms with Crippen LogP contribution in [0.4, 0.5) is 4.39 Å². The predicted molar refractivity (Wildman–Crippen MR) is 87.1 cm³/mol. The zero-order valence-electron chi connectivity index (χ0n) is 12.8. The topological polar surface area (TPSA) is 87.7 Å². The molecule has 0 saturated heterocycles. The number of carbonyl (C=O) groups excluding carboxylic acids is 1. The molecule has 1 aliphatic rings. The fourth-order valence-electron chi connectivity index (χ4n) is 2.20. The highest BCUT2D eigenvalue weighted by Gasteiger charge is 2.21. The summed E-state index contributed by atoms with van der Waals surface area (Å²) in [6.45, 7) is 0.700. The van der Waals surface area contributed by atoms with Gasteiger partial charge >= 0.3 is 0 Å². The Hall–Kier alpha value is -2.28. The van der Waals surface area contributed by atoms with Crippen LogP contribution in [0.1, 0.15) is 25.0 Å². The van der Waals surface area contributed by atoms with Crippen LogP contribution in [0.5, 0.6) is 0 Å². The minimum Gasteiger partial charge on any atom is -0.356 e. The van der Waals surface area contributed by atoms with Gasteiger partial charge in [0.25, 0.3) is 5.56 Å². The van der Waals surface area contributed by atoms with Crippen LogP contribution < -0.4 is 10.9 Å². The molecule has 0 aliphatic heterocycles. The molecule has 126 valence electrons. The second-order valence-corrected chi connectivity index (χ2v) is 6.23. The number of aromatic nitrogens is 3. The Morgan fingerprint density at radius 3 is 2.83 bits per heavy atom.